The molecule has 0 atom stereocenters. The summed E-state index contributed by atoms with van der Waals surface area (Å²) < 4.78 is 0. The first-order chi connectivity index (χ1) is 12.4. The van der Waals surface area contributed by atoms with Gasteiger partial charge in [-0.15, -0.1) is 11.3 Å². The zero-order valence-electron chi connectivity index (χ0n) is 14.8. The van der Waals surface area contributed by atoms with E-state index < -0.39 is 0 Å². The van der Waals surface area contributed by atoms with Crippen LogP contribution in [0.5, 0.6) is 0 Å². The first-order valence-electron chi connectivity index (χ1n) is 8.46. The van der Waals surface area contributed by atoms with Crippen molar-refractivity contribution in [3.63, 3.8) is 0 Å². The zero-order chi connectivity index (χ0) is 18.7. The summed E-state index contributed by atoms with van der Waals surface area (Å²) in [5.41, 5.74) is 2.21. The second-order valence-electron chi connectivity index (χ2n) is 6.37. The van der Waals surface area contributed by atoms with Gasteiger partial charge in [-0.2, -0.15) is 0 Å². The summed E-state index contributed by atoms with van der Waals surface area (Å²) in [6, 6.07) is 5.56. The summed E-state index contributed by atoms with van der Waals surface area (Å²) >= 11 is 7.37. The molecule has 1 aromatic heterocycles. The molecule has 0 bridgehead atoms. The van der Waals surface area contributed by atoms with Crippen molar-refractivity contribution >= 4 is 45.6 Å². The van der Waals surface area contributed by atoms with Gasteiger partial charge in [0.05, 0.1) is 6.54 Å². The fraction of sp³-hybridized carbons (Fsp3) is 0.389. The molecular weight excluding hydrogens is 372 g/mol. The first-order valence-corrected chi connectivity index (χ1v) is 9.72. The summed E-state index contributed by atoms with van der Waals surface area (Å²) in [6.07, 6.45) is 2.07. The van der Waals surface area contributed by atoms with Gasteiger partial charge in [-0.3, -0.25) is 9.59 Å². The molecule has 2 heterocycles. The fourth-order valence-corrected chi connectivity index (χ4v) is 3.68. The Morgan fingerprint density at radius 2 is 2.08 bits per heavy atom. The lowest BCUT2D eigenvalue weighted by atomic mass is 10.2. The number of anilines is 2. The Labute approximate surface area is 161 Å². The SMILES string of the molecule is Cc1ccc(Cl)cc1Nc1nc(C(=O)N(C)CC(=O)N2CCCC2)cs1. The third-order valence-corrected chi connectivity index (χ3v) is 5.34. The maximum atomic E-state index is 12.5. The Bertz CT molecular complexity index is 817. The second kappa shape index (κ2) is 8.05. The van der Waals surface area contributed by atoms with E-state index in [2.05, 4.69) is 10.3 Å². The first kappa shape index (κ1) is 18.7. The summed E-state index contributed by atoms with van der Waals surface area (Å²) in [5.74, 6) is -0.272. The van der Waals surface area contributed by atoms with Gasteiger partial charge in [0.1, 0.15) is 5.69 Å². The lowest BCUT2D eigenvalue weighted by molar-refractivity contribution is -0.130. The van der Waals surface area contributed by atoms with Gasteiger partial charge in [0.2, 0.25) is 5.91 Å². The molecule has 0 spiro atoms. The van der Waals surface area contributed by atoms with Gasteiger partial charge in [0.25, 0.3) is 5.91 Å². The number of hydrogen-bond donors (Lipinski definition) is 1. The number of halogens is 1. The van der Waals surface area contributed by atoms with Gasteiger partial charge < -0.3 is 15.1 Å². The van der Waals surface area contributed by atoms with Crippen LogP contribution >= 0.6 is 22.9 Å². The molecule has 2 aromatic rings. The Hall–Kier alpha value is -2.12. The smallest absolute Gasteiger partial charge is 0.273 e. The minimum atomic E-state index is -0.260. The number of rotatable bonds is 5. The van der Waals surface area contributed by atoms with Gasteiger partial charge in [-0.25, -0.2) is 4.98 Å². The number of benzene rings is 1. The highest BCUT2D eigenvalue weighted by atomic mass is 35.5. The topological polar surface area (TPSA) is 65.5 Å². The molecule has 1 aliphatic rings. The number of nitrogens with zero attached hydrogens (tertiary/aromatic N) is 3. The highest BCUT2D eigenvalue weighted by Gasteiger charge is 2.23. The van der Waals surface area contributed by atoms with Crippen LogP contribution in [0.2, 0.25) is 5.02 Å². The van der Waals surface area contributed by atoms with Crippen LogP contribution in [-0.4, -0.2) is 53.3 Å². The van der Waals surface area contributed by atoms with Crippen molar-refractivity contribution in [3.8, 4) is 0 Å². The summed E-state index contributed by atoms with van der Waals surface area (Å²) in [4.78, 5) is 32.3. The van der Waals surface area contributed by atoms with Crippen LogP contribution in [0.3, 0.4) is 0 Å². The van der Waals surface area contributed by atoms with E-state index in [1.54, 1.807) is 17.3 Å². The minimum Gasteiger partial charge on any atom is -0.341 e. The Balaban J connectivity index is 1.63. The molecule has 26 heavy (non-hydrogen) atoms. The average Bonchev–Trinajstić information content (AvgIpc) is 3.29. The number of likely N-dealkylation sites (N-methyl/N-ethyl adjacent to an activating group) is 1. The van der Waals surface area contributed by atoms with E-state index in [9.17, 15) is 9.59 Å². The van der Waals surface area contributed by atoms with Crippen LogP contribution in [0.25, 0.3) is 0 Å². The molecule has 1 aliphatic heterocycles. The molecule has 3 rings (SSSR count). The number of hydrogen-bond acceptors (Lipinski definition) is 5. The average molecular weight is 393 g/mol. The number of carbonyl (C=O) groups excluding carboxylic acids is 2. The highest BCUT2D eigenvalue weighted by Crippen LogP contribution is 2.26. The molecule has 1 aromatic carbocycles. The summed E-state index contributed by atoms with van der Waals surface area (Å²) in [5, 5.41) is 6.13. The van der Waals surface area contributed by atoms with Crippen molar-refractivity contribution in [1.29, 1.82) is 0 Å². The predicted octanol–water partition coefficient (Wildman–Crippen LogP) is 3.54. The molecule has 1 saturated heterocycles. The van der Waals surface area contributed by atoms with Gasteiger partial charge in [-0.05, 0) is 37.5 Å². The zero-order valence-corrected chi connectivity index (χ0v) is 16.4. The Morgan fingerprint density at radius 1 is 1.35 bits per heavy atom. The van der Waals surface area contributed by atoms with E-state index in [0.29, 0.717) is 15.8 Å². The van der Waals surface area contributed by atoms with E-state index in [-0.39, 0.29) is 18.4 Å². The van der Waals surface area contributed by atoms with Crippen molar-refractivity contribution in [2.75, 3.05) is 32.0 Å². The standard InChI is InChI=1S/C18H21ClN4O2S/c1-12-5-6-13(19)9-14(12)20-18-21-15(11-26-18)17(25)22(2)10-16(24)23-7-3-4-8-23/h5-6,9,11H,3-4,7-8,10H2,1-2H3,(H,20,21). The van der Waals surface area contributed by atoms with Crippen LogP contribution < -0.4 is 5.32 Å². The molecule has 8 heteroatoms. The van der Waals surface area contributed by atoms with E-state index in [1.807, 2.05) is 25.1 Å². The van der Waals surface area contributed by atoms with Crippen molar-refractivity contribution < 1.29 is 9.59 Å². The number of aryl methyl sites for hydroxylation is 1. The van der Waals surface area contributed by atoms with Gasteiger partial charge >= 0.3 is 0 Å². The van der Waals surface area contributed by atoms with Crippen LogP contribution in [0.1, 0.15) is 28.9 Å². The Morgan fingerprint density at radius 3 is 2.81 bits per heavy atom. The Kier molecular flexibility index (Phi) is 5.78. The number of aromatic nitrogens is 1. The van der Waals surface area contributed by atoms with Crippen LogP contribution in [0, 0.1) is 6.92 Å². The maximum Gasteiger partial charge on any atom is 0.273 e. The molecule has 1 fully saturated rings. The van der Waals surface area contributed by atoms with E-state index in [4.69, 9.17) is 11.6 Å². The number of nitrogens with one attached hydrogen (secondary N) is 1. The van der Waals surface area contributed by atoms with Crippen molar-refractivity contribution in [3.05, 3.63) is 39.9 Å². The van der Waals surface area contributed by atoms with Gasteiger partial charge in [0.15, 0.2) is 5.13 Å². The third kappa shape index (κ3) is 4.34. The lowest BCUT2D eigenvalue weighted by Gasteiger charge is -2.20. The molecule has 0 aliphatic carbocycles. The van der Waals surface area contributed by atoms with Crippen molar-refractivity contribution in [1.82, 2.24) is 14.8 Å². The summed E-state index contributed by atoms with van der Waals surface area (Å²) in [6.45, 7) is 3.61. The van der Waals surface area contributed by atoms with E-state index in [0.717, 1.165) is 37.2 Å². The molecule has 2 amide bonds. The molecule has 1 N–H and O–H groups in total. The van der Waals surface area contributed by atoms with E-state index >= 15 is 0 Å². The van der Waals surface area contributed by atoms with Gasteiger partial charge in [-0.1, -0.05) is 17.7 Å². The lowest BCUT2D eigenvalue weighted by Crippen LogP contribution is -2.39. The molecule has 0 radical (unpaired) electrons. The number of carbonyl (C=O) groups is 2. The quantitative estimate of drug-likeness (QED) is 0.845. The second-order valence-corrected chi connectivity index (χ2v) is 7.67. The number of thiazole rings is 1. The number of likely N-dealkylation sites (tertiary alicyclic amines) is 1. The third-order valence-electron chi connectivity index (χ3n) is 4.34. The molecular formula is C18H21ClN4O2S. The van der Waals surface area contributed by atoms with Crippen molar-refractivity contribution in [2.45, 2.75) is 19.8 Å². The molecule has 6 nitrogen and oxygen atoms in total. The van der Waals surface area contributed by atoms with Crippen LogP contribution in [-0.2, 0) is 4.79 Å². The number of amides is 2. The fourth-order valence-electron chi connectivity index (χ4n) is 2.81. The molecule has 0 saturated carbocycles. The van der Waals surface area contributed by atoms with Crippen LogP contribution in [0.15, 0.2) is 23.6 Å². The highest BCUT2D eigenvalue weighted by molar-refractivity contribution is 7.14. The van der Waals surface area contributed by atoms with Crippen LogP contribution in [0.4, 0.5) is 10.8 Å². The minimum absolute atomic E-state index is 0.0125. The molecule has 0 unspecified atom stereocenters. The van der Waals surface area contributed by atoms with Gasteiger partial charge in [0, 0.05) is 36.2 Å². The van der Waals surface area contributed by atoms with E-state index in [1.165, 1.54) is 16.2 Å². The monoisotopic (exact) mass is 392 g/mol. The normalized spacial score (nSPS) is 13.7. The predicted molar refractivity (Wildman–Crippen MR) is 104 cm³/mol. The summed E-state index contributed by atoms with van der Waals surface area (Å²) in [7, 11) is 1.63. The molecule has 138 valence electrons. The van der Waals surface area contributed by atoms with Crippen molar-refractivity contribution in [2.24, 2.45) is 0 Å². The maximum absolute atomic E-state index is 12.5. The largest absolute Gasteiger partial charge is 0.341 e.